The predicted molar refractivity (Wildman–Crippen MR) is 124 cm³/mol. The van der Waals surface area contributed by atoms with Crippen LogP contribution < -0.4 is 10.6 Å². The standard InChI is InChI=1S/C20H34N6O.HI/c1-7-14(8-2)18-11-15(27-25-18)12-22-20(21-5)23-13-16-17(9-3)24-26(6)19(16)10-4;/h11,14H,7-10,12-13H2,1-6H3,(H2,21,22,23);1H. The van der Waals surface area contributed by atoms with Crippen molar-refractivity contribution in [3.63, 3.8) is 0 Å². The van der Waals surface area contributed by atoms with E-state index in [1.54, 1.807) is 7.05 Å². The van der Waals surface area contributed by atoms with Crippen LogP contribution in [0.3, 0.4) is 0 Å². The van der Waals surface area contributed by atoms with Crippen molar-refractivity contribution in [1.82, 2.24) is 25.6 Å². The number of aromatic nitrogens is 3. The highest BCUT2D eigenvalue weighted by molar-refractivity contribution is 14.0. The molecule has 0 aliphatic heterocycles. The molecular formula is C20H35IN6O. The number of hydrogen-bond donors (Lipinski definition) is 2. The van der Waals surface area contributed by atoms with Gasteiger partial charge in [-0.2, -0.15) is 5.10 Å². The van der Waals surface area contributed by atoms with Gasteiger partial charge in [-0.05, 0) is 25.7 Å². The SMILES string of the molecule is CCc1nn(C)c(CC)c1CNC(=NC)NCc1cc(C(CC)CC)no1.I. The van der Waals surface area contributed by atoms with Gasteiger partial charge in [0.15, 0.2) is 11.7 Å². The van der Waals surface area contributed by atoms with Crippen molar-refractivity contribution >= 4 is 29.9 Å². The first-order valence-corrected chi connectivity index (χ1v) is 10.0. The van der Waals surface area contributed by atoms with Crippen LogP contribution in [0.15, 0.2) is 15.6 Å². The molecule has 2 aromatic rings. The summed E-state index contributed by atoms with van der Waals surface area (Å²) >= 11 is 0. The molecule has 0 saturated heterocycles. The molecule has 0 aliphatic rings. The maximum absolute atomic E-state index is 5.47. The maximum Gasteiger partial charge on any atom is 0.191 e. The average molecular weight is 502 g/mol. The van der Waals surface area contributed by atoms with Crippen molar-refractivity contribution < 1.29 is 4.52 Å². The van der Waals surface area contributed by atoms with Gasteiger partial charge in [-0.3, -0.25) is 9.67 Å². The molecule has 0 amide bonds. The summed E-state index contributed by atoms with van der Waals surface area (Å²) in [7, 11) is 3.78. The highest BCUT2D eigenvalue weighted by Crippen LogP contribution is 2.22. The number of nitrogens with zero attached hydrogens (tertiary/aromatic N) is 4. The Kier molecular flexibility index (Phi) is 10.6. The van der Waals surface area contributed by atoms with Crippen LogP contribution in [-0.2, 0) is 33.0 Å². The molecule has 0 atom stereocenters. The van der Waals surface area contributed by atoms with Gasteiger partial charge in [-0.1, -0.05) is 32.9 Å². The van der Waals surface area contributed by atoms with E-state index in [1.807, 2.05) is 17.8 Å². The quantitative estimate of drug-likeness (QED) is 0.309. The van der Waals surface area contributed by atoms with Gasteiger partial charge in [-0.15, -0.1) is 24.0 Å². The van der Waals surface area contributed by atoms with Crippen LogP contribution in [0.1, 0.15) is 74.9 Å². The summed E-state index contributed by atoms with van der Waals surface area (Å²) in [4.78, 5) is 4.32. The summed E-state index contributed by atoms with van der Waals surface area (Å²) < 4.78 is 7.46. The lowest BCUT2D eigenvalue weighted by atomic mass is 9.99. The number of aliphatic imine (C=N–C) groups is 1. The van der Waals surface area contributed by atoms with E-state index in [2.05, 4.69) is 53.6 Å². The first-order chi connectivity index (χ1) is 13.1. The summed E-state index contributed by atoms with van der Waals surface area (Å²) in [5, 5.41) is 15.5. The summed E-state index contributed by atoms with van der Waals surface area (Å²) in [5.74, 6) is 2.03. The summed E-state index contributed by atoms with van der Waals surface area (Å²) in [6, 6.07) is 2.05. The second-order valence-corrected chi connectivity index (χ2v) is 6.71. The largest absolute Gasteiger partial charge is 0.359 e. The molecule has 158 valence electrons. The Hall–Kier alpha value is -1.58. The molecule has 0 radical (unpaired) electrons. The zero-order valence-corrected chi connectivity index (χ0v) is 20.3. The minimum atomic E-state index is 0. The smallest absolute Gasteiger partial charge is 0.191 e. The van der Waals surface area contributed by atoms with Crippen molar-refractivity contribution in [2.45, 2.75) is 72.4 Å². The first kappa shape index (κ1) is 24.5. The molecule has 0 spiro atoms. The van der Waals surface area contributed by atoms with E-state index < -0.39 is 0 Å². The number of hydrogen-bond acceptors (Lipinski definition) is 4. The second kappa shape index (κ2) is 12.1. The maximum atomic E-state index is 5.47. The number of guanidine groups is 1. The van der Waals surface area contributed by atoms with E-state index in [-0.39, 0.29) is 24.0 Å². The van der Waals surface area contributed by atoms with Crippen LogP contribution in [0, 0.1) is 0 Å². The monoisotopic (exact) mass is 502 g/mol. The Morgan fingerprint density at radius 1 is 1.14 bits per heavy atom. The number of aryl methyl sites for hydroxylation is 2. The van der Waals surface area contributed by atoms with E-state index >= 15 is 0 Å². The minimum Gasteiger partial charge on any atom is -0.359 e. The fourth-order valence-electron chi connectivity index (χ4n) is 3.47. The molecule has 2 heterocycles. The van der Waals surface area contributed by atoms with Gasteiger partial charge in [0.1, 0.15) is 0 Å². The minimum absolute atomic E-state index is 0. The fraction of sp³-hybridized carbons (Fsp3) is 0.650. The Morgan fingerprint density at radius 2 is 1.82 bits per heavy atom. The summed E-state index contributed by atoms with van der Waals surface area (Å²) in [5.41, 5.74) is 4.71. The Bertz CT molecular complexity index is 748. The highest BCUT2D eigenvalue weighted by atomic mass is 127. The molecular weight excluding hydrogens is 467 g/mol. The third kappa shape index (κ3) is 5.96. The molecule has 7 nitrogen and oxygen atoms in total. The lowest BCUT2D eigenvalue weighted by Gasteiger charge is -2.12. The van der Waals surface area contributed by atoms with E-state index in [0.29, 0.717) is 19.0 Å². The van der Waals surface area contributed by atoms with E-state index in [4.69, 9.17) is 4.52 Å². The Morgan fingerprint density at radius 3 is 2.39 bits per heavy atom. The Balaban J connectivity index is 0.00000392. The topological polar surface area (TPSA) is 80.3 Å². The normalized spacial score (nSPS) is 11.6. The van der Waals surface area contributed by atoms with Gasteiger partial charge in [0, 0.05) is 43.9 Å². The van der Waals surface area contributed by atoms with Crippen molar-refractivity contribution in [3.8, 4) is 0 Å². The first-order valence-electron chi connectivity index (χ1n) is 10.0. The van der Waals surface area contributed by atoms with Crippen LogP contribution in [0.5, 0.6) is 0 Å². The van der Waals surface area contributed by atoms with Gasteiger partial charge >= 0.3 is 0 Å². The van der Waals surface area contributed by atoms with Crippen molar-refractivity contribution in [2.75, 3.05) is 7.05 Å². The molecule has 8 heteroatoms. The van der Waals surface area contributed by atoms with E-state index in [9.17, 15) is 0 Å². The summed E-state index contributed by atoms with van der Waals surface area (Å²) in [6.45, 7) is 9.92. The Labute approximate surface area is 185 Å². The van der Waals surface area contributed by atoms with Crippen LogP contribution in [-0.4, -0.2) is 27.9 Å². The van der Waals surface area contributed by atoms with Crippen LogP contribution in [0.4, 0.5) is 0 Å². The third-order valence-corrected chi connectivity index (χ3v) is 5.10. The van der Waals surface area contributed by atoms with Crippen LogP contribution >= 0.6 is 24.0 Å². The number of rotatable bonds is 9. The molecule has 2 N–H and O–H groups in total. The molecule has 0 aliphatic carbocycles. The van der Waals surface area contributed by atoms with Gasteiger partial charge < -0.3 is 15.2 Å². The average Bonchev–Trinajstić information content (AvgIpc) is 3.27. The molecule has 0 unspecified atom stereocenters. The molecule has 0 bridgehead atoms. The molecule has 0 saturated carbocycles. The zero-order valence-electron chi connectivity index (χ0n) is 18.0. The molecule has 28 heavy (non-hydrogen) atoms. The molecule has 0 aromatic carbocycles. The molecule has 2 aromatic heterocycles. The van der Waals surface area contributed by atoms with E-state index in [0.717, 1.165) is 48.8 Å². The zero-order chi connectivity index (χ0) is 19.8. The van der Waals surface area contributed by atoms with E-state index in [1.165, 1.54) is 11.3 Å². The van der Waals surface area contributed by atoms with Crippen molar-refractivity contribution in [3.05, 3.63) is 34.5 Å². The van der Waals surface area contributed by atoms with Gasteiger partial charge in [0.25, 0.3) is 0 Å². The van der Waals surface area contributed by atoms with Crippen molar-refractivity contribution in [1.29, 1.82) is 0 Å². The molecule has 0 fully saturated rings. The highest BCUT2D eigenvalue weighted by Gasteiger charge is 2.15. The van der Waals surface area contributed by atoms with Crippen molar-refractivity contribution in [2.24, 2.45) is 12.0 Å². The number of halogens is 1. The third-order valence-electron chi connectivity index (χ3n) is 5.10. The predicted octanol–water partition coefficient (Wildman–Crippen LogP) is 3.92. The van der Waals surface area contributed by atoms with Gasteiger partial charge in [0.05, 0.1) is 17.9 Å². The lowest BCUT2D eigenvalue weighted by Crippen LogP contribution is -2.36. The fourth-order valence-corrected chi connectivity index (χ4v) is 3.47. The summed E-state index contributed by atoms with van der Waals surface area (Å²) in [6.07, 6.45) is 4.03. The number of nitrogens with one attached hydrogen (secondary N) is 2. The second-order valence-electron chi connectivity index (χ2n) is 6.71. The molecule has 2 rings (SSSR count). The van der Waals surface area contributed by atoms with Gasteiger partial charge in [0.2, 0.25) is 0 Å². The van der Waals surface area contributed by atoms with Gasteiger partial charge in [-0.25, -0.2) is 0 Å². The van der Waals surface area contributed by atoms with Crippen LogP contribution in [0.2, 0.25) is 0 Å². The lowest BCUT2D eigenvalue weighted by molar-refractivity contribution is 0.368. The van der Waals surface area contributed by atoms with Crippen LogP contribution in [0.25, 0.3) is 0 Å².